The van der Waals surface area contributed by atoms with Gasteiger partial charge in [0.1, 0.15) is 0 Å². The van der Waals surface area contributed by atoms with Gasteiger partial charge in [-0.15, -0.1) is 0 Å². The lowest BCUT2D eigenvalue weighted by Gasteiger charge is -2.34. The van der Waals surface area contributed by atoms with Crippen LogP contribution in [0.25, 0.3) is 5.69 Å². The highest BCUT2D eigenvalue weighted by atomic mass is 16.2. The molecule has 1 aliphatic carbocycles. The number of piperazine rings is 1. The van der Waals surface area contributed by atoms with E-state index >= 15 is 0 Å². The molecule has 0 spiro atoms. The van der Waals surface area contributed by atoms with Crippen molar-refractivity contribution in [2.75, 3.05) is 32.7 Å². The van der Waals surface area contributed by atoms with Crippen molar-refractivity contribution in [2.24, 2.45) is 0 Å². The lowest BCUT2D eigenvalue weighted by atomic mass is 10.2. The fourth-order valence-corrected chi connectivity index (χ4v) is 3.84. The first-order valence-electron chi connectivity index (χ1n) is 10.7. The molecule has 160 valence electrons. The quantitative estimate of drug-likeness (QED) is 0.758. The monoisotopic (exact) mass is 410 g/mol. The Morgan fingerprint density at radius 1 is 1.07 bits per heavy atom. The van der Waals surface area contributed by atoms with Crippen LogP contribution in [0.4, 0.5) is 4.79 Å². The summed E-state index contributed by atoms with van der Waals surface area (Å²) in [7, 11) is 0. The van der Waals surface area contributed by atoms with Crippen LogP contribution in [0.2, 0.25) is 0 Å². The molecule has 0 bridgehead atoms. The highest BCUT2D eigenvalue weighted by Gasteiger charge is 2.26. The first kappa shape index (κ1) is 20.4. The van der Waals surface area contributed by atoms with E-state index in [0.717, 1.165) is 48.6 Å². The first-order valence-corrected chi connectivity index (χ1v) is 10.7. The average Bonchev–Trinajstić information content (AvgIpc) is 3.51. The molecule has 4 rings (SSSR count). The van der Waals surface area contributed by atoms with Gasteiger partial charge in [-0.1, -0.05) is 18.2 Å². The fourth-order valence-electron chi connectivity index (χ4n) is 3.84. The molecule has 2 aliphatic rings. The van der Waals surface area contributed by atoms with Crippen LogP contribution >= 0.6 is 0 Å². The number of para-hydroxylation sites is 1. The van der Waals surface area contributed by atoms with Crippen LogP contribution in [0, 0.1) is 13.8 Å². The lowest BCUT2D eigenvalue weighted by Crippen LogP contribution is -2.53. The minimum atomic E-state index is -0.0663. The maximum Gasteiger partial charge on any atom is 0.317 e. The summed E-state index contributed by atoms with van der Waals surface area (Å²) in [4.78, 5) is 28.5. The molecule has 1 saturated carbocycles. The third kappa shape index (κ3) is 4.81. The molecule has 3 amide bonds. The van der Waals surface area contributed by atoms with E-state index in [2.05, 4.69) is 20.6 Å². The van der Waals surface area contributed by atoms with Crippen molar-refractivity contribution in [2.45, 2.75) is 39.3 Å². The summed E-state index contributed by atoms with van der Waals surface area (Å²) >= 11 is 0. The predicted octanol–water partition coefficient (Wildman–Crippen LogP) is 1.59. The van der Waals surface area contributed by atoms with Gasteiger partial charge in [-0.05, 0) is 38.8 Å². The zero-order chi connectivity index (χ0) is 21.1. The van der Waals surface area contributed by atoms with Crippen molar-refractivity contribution in [3.8, 4) is 5.69 Å². The third-order valence-electron chi connectivity index (χ3n) is 5.83. The number of amides is 3. The Bertz CT molecular complexity index is 898. The van der Waals surface area contributed by atoms with Crippen molar-refractivity contribution in [1.29, 1.82) is 0 Å². The maximum atomic E-state index is 12.6. The van der Waals surface area contributed by atoms with Gasteiger partial charge >= 0.3 is 6.03 Å². The Morgan fingerprint density at radius 3 is 2.43 bits per heavy atom. The zero-order valence-electron chi connectivity index (χ0n) is 17.7. The van der Waals surface area contributed by atoms with Gasteiger partial charge in [-0.3, -0.25) is 9.69 Å². The maximum absolute atomic E-state index is 12.6. The van der Waals surface area contributed by atoms with Crippen LogP contribution < -0.4 is 10.6 Å². The normalized spacial score (nSPS) is 17.1. The van der Waals surface area contributed by atoms with Crippen LogP contribution in [0.5, 0.6) is 0 Å². The summed E-state index contributed by atoms with van der Waals surface area (Å²) in [5, 5.41) is 10.7. The average molecular weight is 411 g/mol. The van der Waals surface area contributed by atoms with E-state index in [4.69, 9.17) is 0 Å². The van der Waals surface area contributed by atoms with Gasteiger partial charge < -0.3 is 15.5 Å². The summed E-state index contributed by atoms with van der Waals surface area (Å²) in [6, 6.07) is 10.3. The van der Waals surface area contributed by atoms with E-state index in [0.29, 0.717) is 32.2 Å². The first-order chi connectivity index (χ1) is 14.5. The number of carbonyl (C=O) groups excluding carboxylic acids is 2. The second kappa shape index (κ2) is 8.87. The Morgan fingerprint density at radius 2 is 1.77 bits per heavy atom. The van der Waals surface area contributed by atoms with Gasteiger partial charge in [0.2, 0.25) is 5.91 Å². The number of aryl methyl sites for hydroxylation is 1. The number of carbonyl (C=O) groups is 2. The second-order valence-corrected chi connectivity index (χ2v) is 8.16. The van der Waals surface area contributed by atoms with E-state index in [1.165, 1.54) is 0 Å². The molecular weight excluding hydrogens is 380 g/mol. The summed E-state index contributed by atoms with van der Waals surface area (Å²) in [5.41, 5.74) is 4.01. The molecule has 8 heteroatoms. The molecule has 1 aliphatic heterocycles. The standard InChI is InChI=1S/C22H30N6O2/c1-16-20(17(2)28(25-16)19-6-4-3-5-7-19)14-23-22(30)27-12-10-26(11-13-27)15-21(29)24-18-8-9-18/h3-7,18H,8-15H2,1-2H3,(H,23,30)(H,24,29). The van der Waals surface area contributed by atoms with Gasteiger partial charge in [0.05, 0.1) is 17.9 Å². The molecule has 0 radical (unpaired) electrons. The third-order valence-corrected chi connectivity index (χ3v) is 5.83. The zero-order valence-corrected chi connectivity index (χ0v) is 17.7. The van der Waals surface area contributed by atoms with Crippen molar-refractivity contribution < 1.29 is 9.59 Å². The minimum absolute atomic E-state index is 0.0663. The summed E-state index contributed by atoms with van der Waals surface area (Å²) < 4.78 is 1.92. The van der Waals surface area contributed by atoms with Crippen molar-refractivity contribution >= 4 is 11.9 Å². The Labute approximate surface area is 177 Å². The molecule has 30 heavy (non-hydrogen) atoms. The fraction of sp³-hybridized carbons (Fsp3) is 0.500. The number of hydrogen-bond acceptors (Lipinski definition) is 4. The molecule has 0 unspecified atom stereocenters. The molecule has 1 aromatic carbocycles. The second-order valence-electron chi connectivity index (χ2n) is 8.16. The van der Waals surface area contributed by atoms with Gasteiger partial charge in [-0.2, -0.15) is 5.10 Å². The van der Waals surface area contributed by atoms with Crippen molar-refractivity contribution in [3.63, 3.8) is 0 Å². The number of urea groups is 1. The summed E-state index contributed by atoms with van der Waals surface area (Å²) in [5.74, 6) is 0.0942. The topological polar surface area (TPSA) is 82.5 Å². The van der Waals surface area contributed by atoms with Crippen LogP contribution in [-0.2, 0) is 11.3 Å². The predicted molar refractivity (Wildman–Crippen MR) is 114 cm³/mol. The Hall–Kier alpha value is -2.87. The molecular formula is C22H30N6O2. The largest absolute Gasteiger partial charge is 0.352 e. The van der Waals surface area contributed by atoms with E-state index < -0.39 is 0 Å². The Kier molecular flexibility index (Phi) is 6.03. The van der Waals surface area contributed by atoms with Gasteiger partial charge in [0.15, 0.2) is 0 Å². The van der Waals surface area contributed by atoms with Crippen molar-refractivity contribution in [3.05, 3.63) is 47.3 Å². The Balaban J connectivity index is 1.27. The lowest BCUT2D eigenvalue weighted by molar-refractivity contribution is -0.122. The molecule has 8 nitrogen and oxygen atoms in total. The number of rotatable bonds is 6. The number of hydrogen-bond donors (Lipinski definition) is 2. The van der Waals surface area contributed by atoms with Crippen LogP contribution in [0.15, 0.2) is 30.3 Å². The number of nitrogens with zero attached hydrogens (tertiary/aromatic N) is 4. The molecule has 2 aromatic rings. The highest BCUT2D eigenvalue weighted by molar-refractivity contribution is 5.78. The van der Waals surface area contributed by atoms with Gasteiger partial charge in [0, 0.05) is 50.0 Å². The number of aromatic nitrogens is 2. The van der Waals surface area contributed by atoms with E-state index in [1.54, 1.807) is 0 Å². The molecule has 2 N–H and O–H groups in total. The molecule has 2 fully saturated rings. The van der Waals surface area contributed by atoms with Crippen molar-refractivity contribution in [1.82, 2.24) is 30.2 Å². The van der Waals surface area contributed by atoms with Crippen LogP contribution in [-0.4, -0.2) is 70.3 Å². The van der Waals surface area contributed by atoms with Gasteiger partial charge in [0.25, 0.3) is 0 Å². The number of nitrogens with one attached hydrogen (secondary N) is 2. The minimum Gasteiger partial charge on any atom is -0.352 e. The van der Waals surface area contributed by atoms with Crippen LogP contribution in [0.3, 0.4) is 0 Å². The summed E-state index contributed by atoms with van der Waals surface area (Å²) in [6.07, 6.45) is 2.20. The van der Waals surface area contributed by atoms with E-state index in [1.807, 2.05) is 53.8 Å². The molecule has 1 saturated heterocycles. The van der Waals surface area contributed by atoms with Crippen LogP contribution in [0.1, 0.15) is 29.8 Å². The highest BCUT2D eigenvalue weighted by Crippen LogP contribution is 2.19. The summed E-state index contributed by atoms with van der Waals surface area (Å²) in [6.45, 7) is 7.56. The molecule has 0 atom stereocenters. The van der Waals surface area contributed by atoms with E-state index in [9.17, 15) is 9.59 Å². The SMILES string of the molecule is Cc1nn(-c2ccccc2)c(C)c1CNC(=O)N1CCN(CC(=O)NC2CC2)CC1. The molecule has 1 aromatic heterocycles. The number of benzene rings is 1. The smallest absolute Gasteiger partial charge is 0.317 e. The van der Waals surface area contributed by atoms with E-state index in [-0.39, 0.29) is 11.9 Å². The molecule has 2 heterocycles. The van der Waals surface area contributed by atoms with Gasteiger partial charge in [-0.25, -0.2) is 9.48 Å².